The minimum atomic E-state index is -0.831. The lowest BCUT2D eigenvalue weighted by atomic mass is 10.1. The minimum Gasteiger partial charge on any atom is -0.501 e. The van der Waals surface area contributed by atoms with Crippen LogP contribution < -0.4 is 0 Å². The molecule has 1 aromatic rings. The fourth-order valence-electron chi connectivity index (χ4n) is 1.03. The molecule has 1 N–H and O–H groups in total. The molecule has 0 fully saturated rings. The number of hydrogen-bond acceptors (Lipinski definition) is 5. The molecule has 0 spiro atoms. The van der Waals surface area contributed by atoms with E-state index < -0.39 is 16.4 Å². The number of hydrogen-bond donors (Lipinski definition) is 1. The molecule has 0 aliphatic heterocycles. The van der Waals surface area contributed by atoms with Gasteiger partial charge in [-0.2, -0.15) is 5.26 Å². The summed E-state index contributed by atoms with van der Waals surface area (Å²) in [6, 6.07) is 3.79. The third-order valence-corrected chi connectivity index (χ3v) is 1.68. The molecule has 1 aromatic carbocycles. The third-order valence-electron chi connectivity index (χ3n) is 1.68. The van der Waals surface area contributed by atoms with E-state index in [0.29, 0.717) is 0 Å². The van der Waals surface area contributed by atoms with Crippen molar-refractivity contribution in [1.82, 2.24) is 0 Å². The zero-order valence-corrected chi connectivity index (χ0v) is 7.80. The molecule has 0 bridgehead atoms. The fraction of sp³-hybridized carbons (Fsp3) is 0. The van der Waals surface area contributed by atoms with E-state index in [0.717, 1.165) is 6.07 Å². The Morgan fingerprint density at radius 1 is 1.50 bits per heavy atom. The van der Waals surface area contributed by atoms with E-state index in [4.69, 9.17) is 5.26 Å². The van der Waals surface area contributed by atoms with Crippen LogP contribution in [0.2, 0.25) is 0 Å². The zero-order valence-electron chi connectivity index (χ0n) is 7.80. The SMILES string of the molecule is N#Cc1cc(C#CC=O)c(O)c([N+](=O)[O-])c1. The first-order chi connectivity index (χ1) is 7.60. The molecule has 0 aromatic heterocycles. The molecule has 0 saturated carbocycles. The van der Waals surface area contributed by atoms with Crippen LogP contribution in [0.25, 0.3) is 0 Å². The second-order valence-electron chi connectivity index (χ2n) is 2.65. The Morgan fingerprint density at radius 3 is 2.69 bits per heavy atom. The van der Waals surface area contributed by atoms with Crippen molar-refractivity contribution < 1.29 is 14.8 Å². The molecule has 6 nitrogen and oxygen atoms in total. The predicted octanol–water partition coefficient (Wildman–Crippen LogP) is 0.722. The van der Waals surface area contributed by atoms with E-state index in [1.54, 1.807) is 6.07 Å². The number of nitrogens with zero attached hydrogens (tertiary/aromatic N) is 2. The number of carbonyl (C=O) groups is 1. The van der Waals surface area contributed by atoms with Gasteiger partial charge in [-0.1, -0.05) is 5.92 Å². The molecule has 0 heterocycles. The minimum absolute atomic E-state index is 0.0142. The maximum atomic E-state index is 10.5. The summed E-state index contributed by atoms with van der Waals surface area (Å²) in [6.45, 7) is 0. The summed E-state index contributed by atoms with van der Waals surface area (Å²) in [5, 5.41) is 28.6. The van der Waals surface area contributed by atoms with E-state index in [9.17, 15) is 20.0 Å². The maximum absolute atomic E-state index is 10.5. The Morgan fingerprint density at radius 2 is 2.19 bits per heavy atom. The van der Waals surface area contributed by atoms with Gasteiger partial charge in [-0.05, 0) is 12.0 Å². The fourth-order valence-corrected chi connectivity index (χ4v) is 1.03. The molecule has 0 amide bonds. The van der Waals surface area contributed by atoms with Crippen molar-refractivity contribution in [2.24, 2.45) is 0 Å². The Hall–Kier alpha value is -2.86. The Balaban J connectivity index is 3.50. The van der Waals surface area contributed by atoms with Crippen molar-refractivity contribution in [3.8, 4) is 23.7 Å². The van der Waals surface area contributed by atoms with Gasteiger partial charge in [-0.15, -0.1) is 0 Å². The number of aromatic hydroxyl groups is 1. The molecular formula is C10H4N2O4. The van der Waals surface area contributed by atoms with Gasteiger partial charge in [-0.25, -0.2) is 0 Å². The number of carbonyl (C=O) groups excluding carboxylic acids is 1. The molecule has 16 heavy (non-hydrogen) atoms. The number of nitro groups is 1. The summed E-state index contributed by atoms with van der Waals surface area (Å²) in [6.07, 6.45) is 0.282. The van der Waals surface area contributed by atoms with E-state index >= 15 is 0 Å². The molecule has 0 unspecified atom stereocenters. The van der Waals surface area contributed by atoms with Crippen LogP contribution in [0.4, 0.5) is 5.69 Å². The van der Waals surface area contributed by atoms with Crippen molar-refractivity contribution >= 4 is 12.0 Å². The number of nitriles is 1. The van der Waals surface area contributed by atoms with E-state index in [2.05, 4.69) is 5.92 Å². The lowest BCUT2D eigenvalue weighted by molar-refractivity contribution is -0.385. The van der Waals surface area contributed by atoms with Crippen LogP contribution in [-0.2, 0) is 4.79 Å². The van der Waals surface area contributed by atoms with Crippen molar-refractivity contribution in [2.45, 2.75) is 0 Å². The first-order valence-corrected chi connectivity index (χ1v) is 3.97. The van der Waals surface area contributed by atoms with Gasteiger partial charge in [-0.3, -0.25) is 14.9 Å². The van der Waals surface area contributed by atoms with Crippen LogP contribution in [0.5, 0.6) is 5.75 Å². The topological polar surface area (TPSA) is 104 Å². The summed E-state index contributed by atoms with van der Waals surface area (Å²) in [4.78, 5) is 19.7. The summed E-state index contributed by atoms with van der Waals surface area (Å²) >= 11 is 0. The molecule has 1 rings (SSSR count). The van der Waals surface area contributed by atoms with Gasteiger partial charge < -0.3 is 5.11 Å². The van der Waals surface area contributed by atoms with Crippen molar-refractivity contribution in [2.75, 3.05) is 0 Å². The molecule has 0 radical (unpaired) electrons. The predicted molar refractivity (Wildman–Crippen MR) is 52.4 cm³/mol. The molecule has 0 atom stereocenters. The Bertz CT molecular complexity index is 561. The maximum Gasteiger partial charge on any atom is 0.313 e. The van der Waals surface area contributed by atoms with Gasteiger partial charge in [0.05, 0.1) is 22.1 Å². The highest BCUT2D eigenvalue weighted by atomic mass is 16.6. The third kappa shape index (κ3) is 2.14. The highest BCUT2D eigenvalue weighted by Gasteiger charge is 2.18. The normalized spacial score (nSPS) is 8.44. The second-order valence-corrected chi connectivity index (χ2v) is 2.65. The van der Waals surface area contributed by atoms with Crippen LogP contribution in [0.15, 0.2) is 12.1 Å². The monoisotopic (exact) mass is 216 g/mol. The second kappa shape index (κ2) is 4.58. The van der Waals surface area contributed by atoms with Gasteiger partial charge in [0.2, 0.25) is 5.75 Å². The molecule has 78 valence electrons. The molecule has 0 aliphatic carbocycles. The number of phenols is 1. The van der Waals surface area contributed by atoms with Gasteiger partial charge in [0.15, 0.2) is 6.29 Å². The quantitative estimate of drug-likeness (QED) is 0.322. The summed E-state index contributed by atoms with van der Waals surface area (Å²) in [7, 11) is 0. The van der Waals surface area contributed by atoms with Gasteiger partial charge in [0, 0.05) is 6.07 Å². The van der Waals surface area contributed by atoms with E-state index in [-0.39, 0.29) is 17.4 Å². The largest absolute Gasteiger partial charge is 0.501 e. The smallest absolute Gasteiger partial charge is 0.313 e. The number of rotatable bonds is 1. The van der Waals surface area contributed by atoms with Crippen LogP contribution in [0, 0.1) is 33.3 Å². The van der Waals surface area contributed by atoms with Crippen molar-refractivity contribution in [3.05, 3.63) is 33.4 Å². The number of nitro benzene ring substituents is 1. The van der Waals surface area contributed by atoms with Crippen molar-refractivity contribution in [3.63, 3.8) is 0 Å². The number of benzene rings is 1. The lowest BCUT2D eigenvalue weighted by Gasteiger charge is -1.99. The van der Waals surface area contributed by atoms with E-state index in [1.807, 2.05) is 5.92 Å². The zero-order chi connectivity index (χ0) is 12.1. The van der Waals surface area contributed by atoms with Crippen LogP contribution >= 0.6 is 0 Å². The standard InChI is InChI=1S/C10H4N2O4/c11-6-7-4-8(2-1-3-13)10(14)9(5-7)12(15)16/h3-5,14H. The van der Waals surface area contributed by atoms with E-state index in [1.165, 1.54) is 6.07 Å². The average molecular weight is 216 g/mol. The molecule has 0 aliphatic rings. The average Bonchev–Trinajstić information content (AvgIpc) is 2.27. The van der Waals surface area contributed by atoms with Gasteiger partial charge in [0.1, 0.15) is 0 Å². The summed E-state index contributed by atoms with van der Waals surface area (Å²) in [5.74, 6) is 3.55. The first-order valence-electron chi connectivity index (χ1n) is 3.97. The van der Waals surface area contributed by atoms with Gasteiger partial charge in [0.25, 0.3) is 0 Å². The van der Waals surface area contributed by atoms with Crippen molar-refractivity contribution in [1.29, 1.82) is 5.26 Å². The van der Waals surface area contributed by atoms with Crippen LogP contribution in [0.1, 0.15) is 11.1 Å². The van der Waals surface area contributed by atoms with Crippen LogP contribution in [-0.4, -0.2) is 16.3 Å². The number of aldehydes is 1. The highest BCUT2D eigenvalue weighted by Crippen LogP contribution is 2.30. The Kier molecular flexibility index (Phi) is 3.21. The summed E-state index contributed by atoms with van der Waals surface area (Å²) < 4.78 is 0. The highest BCUT2D eigenvalue weighted by molar-refractivity contribution is 5.75. The van der Waals surface area contributed by atoms with Crippen LogP contribution in [0.3, 0.4) is 0 Å². The molecule has 6 heteroatoms. The first kappa shape index (κ1) is 11.2. The van der Waals surface area contributed by atoms with Gasteiger partial charge >= 0.3 is 5.69 Å². The molecule has 0 saturated heterocycles. The lowest BCUT2D eigenvalue weighted by Crippen LogP contribution is -1.92. The Labute approximate surface area is 89.9 Å². The molecular weight excluding hydrogens is 212 g/mol. The summed E-state index contributed by atoms with van der Waals surface area (Å²) in [5.41, 5.74) is -0.758. The number of phenolic OH excluding ortho intramolecular Hbond substituents is 1.